The third-order valence-corrected chi connectivity index (χ3v) is 7.21. The molecule has 5 rings (SSSR count). The number of Topliss-reactive ketones (excluding diaryl/α,β-unsaturated/α-hetero) is 1. The zero-order valence-corrected chi connectivity index (χ0v) is 17.5. The molecule has 1 atom stereocenters. The number of esters is 1. The van der Waals surface area contributed by atoms with Crippen molar-refractivity contribution in [2.75, 3.05) is 6.54 Å². The molecule has 1 aromatic rings. The van der Waals surface area contributed by atoms with Crippen molar-refractivity contribution in [1.82, 2.24) is 5.32 Å². The molecule has 5 nitrogen and oxygen atoms in total. The highest BCUT2D eigenvalue weighted by Crippen LogP contribution is 2.60. The molecule has 0 heterocycles. The molecule has 0 spiro atoms. The maximum absolute atomic E-state index is 13.2. The number of amides is 1. The predicted molar refractivity (Wildman–Crippen MR) is 110 cm³/mol. The molecule has 4 fully saturated rings. The van der Waals surface area contributed by atoms with Gasteiger partial charge in [-0.2, -0.15) is 0 Å². The Kier molecular flexibility index (Phi) is 5.69. The number of carbonyl (C=O) groups is 3. The minimum absolute atomic E-state index is 0.0395. The van der Waals surface area contributed by atoms with Crippen molar-refractivity contribution in [2.24, 2.45) is 23.2 Å². The lowest BCUT2D eigenvalue weighted by molar-refractivity contribution is -0.164. The first-order chi connectivity index (χ1) is 13.8. The van der Waals surface area contributed by atoms with Gasteiger partial charge in [0, 0.05) is 22.5 Å². The lowest BCUT2D eigenvalue weighted by atomic mass is 9.48. The average Bonchev–Trinajstić information content (AvgIpc) is 2.66. The Morgan fingerprint density at radius 1 is 1.07 bits per heavy atom. The van der Waals surface area contributed by atoms with Crippen LogP contribution in [-0.4, -0.2) is 30.3 Å². The number of benzene rings is 1. The number of ketones is 1. The Morgan fingerprint density at radius 2 is 1.62 bits per heavy atom. The second-order valence-electron chi connectivity index (χ2n) is 9.21. The van der Waals surface area contributed by atoms with Gasteiger partial charge in [0.2, 0.25) is 0 Å². The minimum atomic E-state index is -0.717. The number of hydrogen-bond acceptors (Lipinski definition) is 4. The van der Waals surface area contributed by atoms with Gasteiger partial charge in [-0.1, -0.05) is 11.6 Å². The molecular formula is C23H28ClNO4. The van der Waals surface area contributed by atoms with E-state index in [1.807, 2.05) is 0 Å². The molecule has 1 unspecified atom stereocenters. The van der Waals surface area contributed by atoms with Gasteiger partial charge in [-0.3, -0.25) is 14.4 Å². The molecule has 4 aliphatic rings. The summed E-state index contributed by atoms with van der Waals surface area (Å²) in [6.45, 7) is 1.86. The van der Waals surface area contributed by atoms with E-state index in [0.29, 0.717) is 28.3 Å². The maximum Gasteiger partial charge on any atom is 0.308 e. The van der Waals surface area contributed by atoms with E-state index in [-0.39, 0.29) is 30.1 Å². The van der Waals surface area contributed by atoms with Crippen LogP contribution in [0.15, 0.2) is 24.3 Å². The van der Waals surface area contributed by atoms with E-state index >= 15 is 0 Å². The molecule has 156 valence electrons. The highest BCUT2D eigenvalue weighted by atomic mass is 35.5. The fraction of sp³-hybridized carbons (Fsp3) is 0.609. The van der Waals surface area contributed by atoms with Gasteiger partial charge in [0.25, 0.3) is 5.91 Å². The topological polar surface area (TPSA) is 72.5 Å². The van der Waals surface area contributed by atoms with E-state index in [2.05, 4.69) is 5.32 Å². The Bertz CT molecular complexity index is 768. The Labute approximate surface area is 176 Å². The summed E-state index contributed by atoms with van der Waals surface area (Å²) in [5.74, 6) is 1.41. The fourth-order valence-electron chi connectivity index (χ4n) is 6.13. The fourth-order valence-corrected chi connectivity index (χ4v) is 6.26. The molecule has 1 aromatic carbocycles. The minimum Gasteiger partial charge on any atom is -0.455 e. The van der Waals surface area contributed by atoms with E-state index < -0.39 is 12.1 Å². The van der Waals surface area contributed by atoms with Crippen LogP contribution in [0.3, 0.4) is 0 Å². The van der Waals surface area contributed by atoms with Crippen LogP contribution in [0.25, 0.3) is 0 Å². The van der Waals surface area contributed by atoms with Gasteiger partial charge in [0.1, 0.15) is 0 Å². The van der Waals surface area contributed by atoms with Crippen LogP contribution in [-0.2, 0) is 14.3 Å². The molecule has 0 aromatic heterocycles. The predicted octanol–water partition coefficient (Wildman–Crippen LogP) is 4.18. The molecule has 1 amide bonds. The molecule has 0 radical (unpaired) electrons. The van der Waals surface area contributed by atoms with Gasteiger partial charge in [-0.15, -0.1) is 0 Å². The summed E-state index contributed by atoms with van der Waals surface area (Å²) >= 11 is 5.81. The summed E-state index contributed by atoms with van der Waals surface area (Å²) in [6, 6.07) is 6.54. The first-order valence-electron chi connectivity index (χ1n) is 10.6. The van der Waals surface area contributed by atoms with Crippen LogP contribution in [0.2, 0.25) is 5.02 Å². The molecule has 29 heavy (non-hydrogen) atoms. The monoisotopic (exact) mass is 417 g/mol. The normalized spacial score (nSPS) is 30.6. The standard InChI is InChI=1S/C23H28ClNO4/c1-14(21(27)23-11-15-8-16(12-23)10-17(9-15)13-23)29-20(26)6-7-25-22(28)18-2-4-19(24)5-3-18/h2-5,14-17H,6-13H2,1H3,(H,25,28). The zero-order chi connectivity index (χ0) is 20.6. The van der Waals surface area contributed by atoms with Gasteiger partial charge in [-0.25, -0.2) is 0 Å². The largest absolute Gasteiger partial charge is 0.455 e. The molecule has 4 saturated carbocycles. The molecule has 4 bridgehead atoms. The van der Waals surface area contributed by atoms with Crippen molar-refractivity contribution < 1.29 is 19.1 Å². The van der Waals surface area contributed by atoms with Gasteiger partial charge >= 0.3 is 5.97 Å². The van der Waals surface area contributed by atoms with Gasteiger partial charge < -0.3 is 10.1 Å². The van der Waals surface area contributed by atoms with E-state index in [9.17, 15) is 14.4 Å². The first kappa shape index (κ1) is 20.4. The SMILES string of the molecule is CC(OC(=O)CCNC(=O)c1ccc(Cl)cc1)C(=O)C12CC3CC(CC(C3)C1)C2. The van der Waals surface area contributed by atoms with Crippen LogP contribution in [0.1, 0.15) is 62.2 Å². The molecular weight excluding hydrogens is 390 g/mol. The Morgan fingerprint density at radius 3 is 2.17 bits per heavy atom. The second-order valence-corrected chi connectivity index (χ2v) is 9.64. The smallest absolute Gasteiger partial charge is 0.308 e. The third kappa shape index (κ3) is 4.35. The highest BCUT2D eigenvalue weighted by Gasteiger charge is 2.55. The summed E-state index contributed by atoms with van der Waals surface area (Å²) in [6.07, 6.45) is 6.05. The lowest BCUT2D eigenvalue weighted by Crippen LogP contribution is -2.52. The highest BCUT2D eigenvalue weighted by molar-refractivity contribution is 6.30. The lowest BCUT2D eigenvalue weighted by Gasteiger charge is -2.56. The first-order valence-corrected chi connectivity index (χ1v) is 11.0. The Balaban J connectivity index is 1.25. The van der Waals surface area contributed by atoms with Gasteiger partial charge in [-0.05, 0) is 87.5 Å². The number of carbonyl (C=O) groups excluding carboxylic acids is 3. The average molecular weight is 418 g/mol. The molecule has 0 saturated heterocycles. The van der Waals surface area contributed by atoms with Crippen molar-refractivity contribution in [3.63, 3.8) is 0 Å². The summed E-state index contributed by atoms with van der Waals surface area (Å²) < 4.78 is 5.45. The van der Waals surface area contributed by atoms with Crippen molar-refractivity contribution in [2.45, 2.75) is 58.0 Å². The summed E-state index contributed by atoms with van der Waals surface area (Å²) in [7, 11) is 0. The van der Waals surface area contributed by atoms with Crippen molar-refractivity contribution >= 4 is 29.3 Å². The van der Waals surface area contributed by atoms with Gasteiger partial charge in [0.15, 0.2) is 11.9 Å². The van der Waals surface area contributed by atoms with E-state index in [0.717, 1.165) is 19.3 Å². The van der Waals surface area contributed by atoms with Crippen LogP contribution in [0, 0.1) is 23.2 Å². The van der Waals surface area contributed by atoms with Crippen molar-refractivity contribution in [3.05, 3.63) is 34.9 Å². The number of rotatable bonds is 7. The number of halogens is 1. The van der Waals surface area contributed by atoms with E-state index in [1.54, 1.807) is 31.2 Å². The molecule has 4 aliphatic carbocycles. The number of ether oxygens (including phenoxy) is 1. The quantitative estimate of drug-likeness (QED) is 0.675. The van der Waals surface area contributed by atoms with E-state index in [4.69, 9.17) is 16.3 Å². The second kappa shape index (κ2) is 8.10. The van der Waals surface area contributed by atoms with Crippen LogP contribution < -0.4 is 5.32 Å². The van der Waals surface area contributed by atoms with Crippen LogP contribution in [0.5, 0.6) is 0 Å². The molecule has 0 aliphatic heterocycles. The van der Waals surface area contributed by atoms with Gasteiger partial charge in [0.05, 0.1) is 6.42 Å². The Hall–Kier alpha value is -1.88. The van der Waals surface area contributed by atoms with E-state index in [1.165, 1.54) is 19.3 Å². The third-order valence-electron chi connectivity index (χ3n) is 6.96. The van der Waals surface area contributed by atoms with Crippen LogP contribution >= 0.6 is 11.6 Å². The molecule has 1 N–H and O–H groups in total. The summed E-state index contributed by atoms with van der Waals surface area (Å²) in [5, 5.41) is 3.25. The molecule has 6 heteroatoms. The summed E-state index contributed by atoms with van der Waals surface area (Å²) in [4.78, 5) is 37.4. The van der Waals surface area contributed by atoms with Crippen LogP contribution in [0.4, 0.5) is 0 Å². The summed E-state index contributed by atoms with van der Waals surface area (Å²) in [5.41, 5.74) is 0.213. The maximum atomic E-state index is 13.2. The number of nitrogens with one attached hydrogen (secondary N) is 1. The zero-order valence-electron chi connectivity index (χ0n) is 16.8. The van der Waals surface area contributed by atoms with Crippen molar-refractivity contribution in [3.8, 4) is 0 Å². The number of hydrogen-bond donors (Lipinski definition) is 1. The van der Waals surface area contributed by atoms with Crippen molar-refractivity contribution in [1.29, 1.82) is 0 Å².